The van der Waals surface area contributed by atoms with E-state index in [2.05, 4.69) is 42.9 Å². The lowest BCUT2D eigenvalue weighted by Crippen LogP contribution is -2.13. The van der Waals surface area contributed by atoms with E-state index in [1.165, 1.54) is 44.1 Å². The van der Waals surface area contributed by atoms with Gasteiger partial charge in [-0.2, -0.15) is 0 Å². The van der Waals surface area contributed by atoms with Gasteiger partial charge in [0.25, 0.3) is 0 Å². The van der Waals surface area contributed by atoms with Crippen LogP contribution in [-0.2, 0) is 16.0 Å². The third-order valence-electron chi connectivity index (χ3n) is 6.49. The minimum atomic E-state index is -0.273. The molecule has 2 aromatic carbocycles. The molecular formula is C32H42N2O3. The zero-order chi connectivity index (χ0) is 26.3. The predicted molar refractivity (Wildman–Crippen MR) is 151 cm³/mol. The maximum Gasteiger partial charge on any atom is 0.313 e. The Labute approximate surface area is 222 Å². The zero-order valence-corrected chi connectivity index (χ0v) is 22.7. The average molecular weight is 503 g/mol. The largest absolute Gasteiger partial charge is 0.426 e. The molecule has 0 N–H and O–H groups in total. The Morgan fingerprint density at radius 1 is 0.811 bits per heavy atom. The van der Waals surface area contributed by atoms with E-state index in [0.29, 0.717) is 24.9 Å². The Hall–Kier alpha value is -3.05. The van der Waals surface area contributed by atoms with E-state index in [1.807, 2.05) is 48.8 Å². The number of aromatic nitrogens is 2. The Morgan fingerprint density at radius 3 is 2.08 bits per heavy atom. The molecule has 37 heavy (non-hydrogen) atoms. The van der Waals surface area contributed by atoms with E-state index in [-0.39, 0.29) is 12.4 Å². The van der Waals surface area contributed by atoms with Gasteiger partial charge in [0, 0.05) is 24.6 Å². The van der Waals surface area contributed by atoms with E-state index in [4.69, 9.17) is 9.47 Å². The van der Waals surface area contributed by atoms with E-state index in [0.717, 1.165) is 35.4 Å². The smallest absolute Gasteiger partial charge is 0.313 e. The molecule has 0 aliphatic carbocycles. The Kier molecular flexibility index (Phi) is 12.3. The number of benzene rings is 2. The van der Waals surface area contributed by atoms with Crippen molar-refractivity contribution in [3.05, 3.63) is 66.5 Å². The second-order valence-electron chi connectivity index (χ2n) is 9.87. The van der Waals surface area contributed by atoms with Gasteiger partial charge in [-0.05, 0) is 54.0 Å². The highest BCUT2D eigenvalue weighted by Gasteiger charge is 2.08. The number of esters is 1. The van der Waals surface area contributed by atoms with Crippen LogP contribution in [-0.4, -0.2) is 29.2 Å². The van der Waals surface area contributed by atoms with E-state index < -0.39 is 0 Å². The molecule has 5 nitrogen and oxygen atoms in total. The molecule has 0 aliphatic rings. The predicted octanol–water partition coefficient (Wildman–Crippen LogP) is 8.07. The number of nitrogens with zero attached hydrogens (tertiary/aromatic N) is 2. The van der Waals surface area contributed by atoms with E-state index >= 15 is 0 Å². The van der Waals surface area contributed by atoms with Crippen LogP contribution < -0.4 is 4.74 Å². The van der Waals surface area contributed by atoms with Gasteiger partial charge < -0.3 is 9.47 Å². The fourth-order valence-corrected chi connectivity index (χ4v) is 4.17. The molecule has 1 aromatic heterocycles. The molecule has 5 heteroatoms. The molecule has 3 aromatic rings. The van der Waals surface area contributed by atoms with Crippen molar-refractivity contribution in [2.24, 2.45) is 5.92 Å². The second-order valence-corrected chi connectivity index (χ2v) is 9.87. The fourth-order valence-electron chi connectivity index (χ4n) is 4.17. The first kappa shape index (κ1) is 28.5. The highest BCUT2D eigenvalue weighted by Crippen LogP contribution is 2.25. The first-order chi connectivity index (χ1) is 18.1. The second kappa shape index (κ2) is 15.9. The quantitative estimate of drug-likeness (QED) is 0.113. The summed E-state index contributed by atoms with van der Waals surface area (Å²) in [6, 6.07) is 15.8. The van der Waals surface area contributed by atoms with Crippen molar-refractivity contribution in [1.82, 2.24) is 9.97 Å². The molecule has 1 atom stereocenters. The summed E-state index contributed by atoms with van der Waals surface area (Å²) in [4.78, 5) is 21.3. The SMILES string of the molecule is CCCCCCc1cnc(-c2ccc(-c3ccc(OC(=O)CCOCC(C)CCCC)cc3)cc2)nc1. The number of hydrogen-bond donors (Lipinski definition) is 0. The Morgan fingerprint density at radius 2 is 1.43 bits per heavy atom. The van der Waals surface area contributed by atoms with Gasteiger partial charge in [-0.3, -0.25) is 4.79 Å². The van der Waals surface area contributed by atoms with Crippen LogP contribution in [0.25, 0.3) is 22.5 Å². The van der Waals surface area contributed by atoms with Gasteiger partial charge in [0.15, 0.2) is 5.82 Å². The van der Waals surface area contributed by atoms with Gasteiger partial charge in [-0.25, -0.2) is 9.97 Å². The van der Waals surface area contributed by atoms with Crippen LogP contribution in [0.1, 0.15) is 77.7 Å². The van der Waals surface area contributed by atoms with Crippen LogP contribution in [0.4, 0.5) is 0 Å². The van der Waals surface area contributed by atoms with Gasteiger partial charge in [-0.1, -0.05) is 89.3 Å². The standard InChI is InChI=1S/C32H42N2O3/c1-4-6-8-9-11-26-22-33-32(34-23-26)29-14-12-27(13-15-29)28-16-18-30(19-17-28)37-31(35)20-21-36-24-25(3)10-7-5-2/h12-19,22-23,25H,4-11,20-21,24H2,1-3H3. The van der Waals surface area contributed by atoms with E-state index in [1.54, 1.807) is 0 Å². The lowest BCUT2D eigenvalue weighted by atomic mass is 10.0. The summed E-state index contributed by atoms with van der Waals surface area (Å²) in [6.07, 6.45) is 13.7. The van der Waals surface area contributed by atoms with Crippen LogP contribution in [0.3, 0.4) is 0 Å². The average Bonchev–Trinajstić information content (AvgIpc) is 2.93. The molecule has 0 bridgehead atoms. The highest BCUT2D eigenvalue weighted by molar-refractivity contribution is 5.73. The van der Waals surface area contributed by atoms with Gasteiger partial charge in [0.05, 0.1) is 13.0 Å². The summed E-state index contributed by atoms with van der Waals surface area (Å²) in [5.74, 6) is 1.54. The normalized spacial score (nSPS) is 11.9. The van der Waals surface area contributed by atoms with Crippen LogP contribution in [0.2, 0.25) is 0 Å². The van der Waals surface area contributed by atoms with Gasteiger partial charge in [-0.15, -0.1) is 0 Å². The molecule has 0 radical (unpaired) electrons. The van der Waals surface area contributed by atoms with Crippen LogP contribution in [0, 0.1) is 5.92 Å². The van der Waals surface area contributed by atoms with Crippen LogP contribution in [0.15, 0.2) is 60.9 Å². The monoisotopic (exact) mass is 502 g/mol. The highest BCUT2D eigenvalue weighted by atomic mass is 16.5. The molecule has 1 unspecified atom stereocenters. The molecule has 0 amide bonds. The number of carbonyl (C=O) groups excluding carboxylic acids is 1. The van der Waals surface area contributed by atoms with Gasteiger partial charge >= 0.3 is 5.97 Å². The minimum absolute atomic E-state index is 0.256. The summed E-state index contributed by atoms with van der Waals surface area (Å²) in [5, 5.41) is 0. The van der Waals surface area contributed by atoms with Crippen molar-refractivity contribution < 1.29 is 14.3 Å². The number of rotatable bonds is 16. The third-order valence-corrected chi connectivity index (χ3v) is 6.49. The number of aryl methyl sites for hydroxylation is 1. The van der Waals surface area contributed by atoms with Crippen molar-refractivity contribution in [2.75, 3.05) is 13.2 Å². The number of carbonyl (C=O) groups is 1. The van der Waals surface area contributed by atoms with Crippen molar-refractivity contribution in [1.29, 1.82) is 0 Å². The van der Waals surface area contributed by atoms with Crippen molar-refractivity contribution in [3.63, 3.8) is 0 Å². The van der Waals surface area contributed by atoms with Crippen LogP contribution >= 0.6 is 0 Å². The molecule has 3 rings (SSSR count). The lowest BCUT2D eigenvalue weighted by molar-refractivity contribution is -0.135. The molecule has 1 heterocycles. The summed E-state index contributed by atoms with van der Waals surface area (Å²) < 4.78 is 11.1. The topological polar surface area (TPSA) is 61.3 Å². The molecule has 198 valence electrons. The molecule has 0 saturated heterocycles. The lowest BCUT2D eigenvalue weighted by Gasteiger charge is -2.11. The summed E-state index contributed by atoms with van der Waals surface area (Å²) >= 11 is 0. The fraction of sp³-hybridized carbons (Fsp3) is 0.469. The molecule has 0 saturated carbocycles. The Balaban J connectivity index is 1.45. The van der Waals surface area contributed by atoms with Crippen molar-refractivity contribution in [2.45, 2.75) is 78.6 Å². The first-order valence-electron chi connectivity index (χ1n) is 13.9. The summed E-state index contributed by atoms with van der Waals surface area (Å²) in [5.41, 5.74) is 4.33. The number of ether oxygens (including phenoxy) is 2. The maximum atomic E-state index is 12.1. The molecule has 0 spiro atoms. The summed E-state index contributed by atoms with van der Waals surface area (Å²) in [7, 11) is 0. The Bertz CT molecular complexity index is 1050. The molecule has 0 fully saturated rings. The van der Waals surface area contributed by atoms with Crippen LogP contribution in [0.5, 0.6) is 5.75 Å². The van der Waals surface area contributed by atoms with Gasteiger partial charge in [0.1, 0.15) is 5.75 Å². The van der Waals surface area contributed by atoms with E-state index in [9.17, 15) is 4.79 Å². The minimum Gasteiger partial charge on any atom is -0.426 e. The molecule has 0 aliphatic heterocycles. The maximum absolute atomic E-state index is 12.1. The van der Waals surface area contributed by atoms with Gasteiger partial charge in [0.2, 0.25) is 0 Å². The summed E-state index contributed by atoms with van der Waals surface area (Å²) in [6.45, 7) is 7.69. The zero-order valence-electron chi connectivity index (χ0n) is 22.7. The molecular weight excluding hydrogens is 460 g/mol. The van der Waals surface area contributed by atoms with Crippen molar-refractivity contribution >= 4 is 5.97 Å². The first-order valence-corrected chi connectivity index (χ1v) is 13.9. The van der Waals surface area contributed by atoms with Crippen molar-refractivity contribution in [3.8, 4) is 28.3 Å². The number of hydrogen-bond acceptors (Lipinski definition) is 5. The third kappa shape index (κ3) is 10.1. The number of unbranched alkanes of at least 4 members (excludes halogenated alkanes) is 4.